The predicted octanol–water partition coefficient (Wildman–Crippen LogP) is -7.11. The van der Waals surface area contributed by atoms with Gasteiger partial charge in [-0.1, -0.05) is 19.3 Å². The molecule has 0 heterocycles. The quantitative estimate of drug-likeness (QED) is 0.294. The van der Waals surface area contributed by atoms with Crippen LogP contribution in [0.3, 0.4) is 0 Å². The van der Waals surface area contributed by atoms with Gasteiger partial charge in [-0.05, 0) is 0 Å². The molecular formula is C5H10Na2O2. The second kappa shape index (κ2) is 16.5. The fourth-order valence-electron chi connectivity index (χ4n) is 0.381. The summed E-state index contributed by atoms with van der Waals surface area (Å²) in [5.74, 6) is 0. The largest absolute Gasteiger partial charge is 1.00 e. The van der Waals surface area contributed by atoms with Crippen LogP contribution in [0.25, 0.3) is 0 Å². The van der Waals surface area contributed by atoms with Crippen molar-refractivity contribution in [3.63, 3.8) is 0 Å². The summed E-state index contributed by atoms with van der Waals surface area (Å²) in [7, 11) is 0. The van der Waals surface area contributed by atoms with Gasteiger partial charge in [0.1, 0.15) is 0 Å². The van der Waals surface area contributed by atoms with Gasteiger partial charge in [0.15, 0.2) is 0 Å². The minimum atomic E-state index is -0.0278. The van der Waals surface area contributed by atoms with E-state index in [0.717, 1.165) is 6.42 Å². The van der Waals surface area contributed by atoms with E-state index < -0.39 is 0 Å². The van der Waals surface area contributed by atoms with Gasteiger partial charge in [0.25, 0.3) is 0 Å². The molecule has 0 unspecified atom stereocenters. The first kappa shape index (κ1) is 17.1. The molecule has 44 valence electrons. The maximum absolute atomic E-state index is 9.70. The Morgan fingerprint density at radius 2 is 1.00 bits per heavy atom. The van der Waals surface area contributed by atoms with Crippen LogP contribution in [0.4, 0.5) is 0 Å². The number of unbranched alkanes of at least 4 members (excludes halogenated alkanes) is 2. The first-order chi connectivity index (χ1) is 3.41. The average Bonchev–Trinajstić information content (AvgIpc) is 1.69. The normalized spacial score (nSPS) is 7.33. The van der Waals surface area contributed by atoms with E-state index in [4.69, 9.17) is 0 Å². The molecule has 0 aliphatic heterocycles. The molecule has 0 amide bonds. The standard InChI is InChI=1S/C5H10O2.2Na/c6-4-2-1-3-5-7;;/h1-5H2;;/q-2;2*+1. The summed E-state index contributed by atoms with van der Waals surface area (Å²) in [5.41, 5.74) is 0. The molecule has 2 nitrogen and oxygen atoms in total. The first-order valence-corrected chi connectivity index (χ1v) is 2.58. The summed E-state index contributed by atoms with van der Waals surface area (Å²) in [6.07, 6.45) is 2.15. The third-order valence-electron chi connectivity index (χ3n) is 0.789. The van der Waals surface area contributed by atoms with Crippen LogP contribution in [-0.4, -0.2) is 13.2 Å². The van der Waals surface area contributed by atoms with E-state index in [2.05, 4.69) is 0 Å². The topological polar surface area (TPSA) is 46.1 Å². The van der Waals surface area contributed by atoms with Gasteiger partial charge in [0, 0.05) is 0 Å². The van der Waals surface area contributed by atoms with Crippen molar-refractivity contribution in [2.24, 2.45) is 0 Å². The van der Waals surface area contributed by atoms with Crippen LogP contribution in [-0.2, 0) is 0 Å². The Morgan fingerprint density at radius 1 is 0.667 bits per heavy atom. The SMILES string of the molecule is [Na+].[Na+].[O-]CCCCC[O-]. The monoisotopic (exact) mass is 148 g/mol. The molecule has 0 fully saturated rings. The van der Waals surface area contributed by atoms with Crippen LogP contribution in [0.2, 0.25) is 0 Å². The van der Waals surface area contributed by atoms with Gasteiger partial charge in [-0.25, -0.2) is 0 Å². The molecule has 4 heteroatoms. The first-order valence-electron chi connectivity index (χ1n) is 2.58. The van der Waals surface area contributed by atoms with Gasteiger partial charge in [-0.2, -0.15) is 0 Å². The molecule has 0 bridgehead atoms. The molecule has 0 atom stereocenters. The Hall–Kier alpha value is 1.92. The van der Waals surface area contributed by atoms with Gasteiger partial charge in [0.2, 0.25) is 0 Å². The maximum Gasteiger partial charge on any atom is 1.00 e. The van der Waals surface area contributed by atoms with E-state index in [1.165, 1.54) is 0 Å². The predicted molar refractivity (Wildman–Crippen MR) is 23.6 cm³/mol. The van der Waals surface area contributed by atoms with Crippen LogP contribution in [0.5, 0.6) is 0 Å². The Labute approximate surface area is 101 Å². The van der Waals surface area contributed by atoms with Crippen LogP contribution in [0.1, 0.15) is 19.3 Å². The summed E-state index contributed by atoms with van der Waals surface area (Å²) >= 11 is 0. The minimum absolute atomic E-state index is 0. The third-order valence-corrected chi connectivity index (χ3v) is 0.789. The Morgan fingerprint density at radius 3 is 1.22 bits per heavy atom. The third kappa shape index (κ3) is 17.8. The van der Waals surface area contributed by atoms with Crippen molar-refractivity contribution < 1.29 is 69.3 Å². The average molecular weight is 148 g/mol. The van der Waals surface area contributed by atoms with Crippen molar-refractivity contribution in [1.29, 1.82) is 0 Å². The molecule has 0 aliphatic carbocycles. The van der Waals surface area contributed by atoms with Crippen molar-refractivity contribution in [1.82, 2.24) is 0 Å². The molecule has 0 aliphatic rings. The van der Waals surface area contributed by atoms with Gasteiger partial charge in [-0.15, -0.1) is 13.2 Å². The number of hydrogen-bond donors (Lipinski definition) is 0. The van der Waals surface area contributed by atoms with Crippen LogP contribution in [0, 0.1) is 0 Å². The van der Waals surface area contributed by atoms with E-state index >= 15 is 0 Å². The molecule has 0 aromatic carbocycles. The summed E-state index contributed by atoms with van der Waals surface area (Å²) < 4.78 is 0. The van der Waals surface area contributed by atoms with Gasteiger partial charge < -0.3 is 10.2 Å². The Kier molecular flexibility index (Phi) is 31.4. The molecule has 0 aromatic heterocycles. The van der Waals surface area contributed by atoms with E-state index in [9.17, 15) is 10.2 Å². The van der Waals surface area contributed by atoms with E-state index in [-0.39, 0.29) is 72.3 Å². The second-order valence-electron chi connectivity index (χ2n) is 1.47. The fourth-order valence-corrected chi connectivity index (χ4v) is 0.381. The smallest absolute Gasteiger partial charge is 0.854 e. The Bertz CT molecular complexity index is 32.1. The molecule has 0 spiro atoms. The number of rotatable bonds is 4. The van der Waals surface area contributed by atoms with Crippen molar-refractivity contribution in [2.45, 2.75) is 19.3 Å². The van der Waals surface area contributed by atoms with Crippen molar-refractivity contribution >= 4 is 0 Å². The van der Waals surface area contributed by atoms with E-state index in [1.807, 2.05) is 0 Å². The summed E-state index contributed by atoms with van der Waals surface area (Å²) in [5, 5.41) is 19.4. The van der Waals surface area contributed by atoms with E-state index in [1.54, 1.807) is 0 Å². The molecule has 0 rings (SSSR count). The van der Waals surface area contributed by atoms with Crippen molar-refractivity contribution in [2.75, 3.05) is 13.2 Å². The molecule has 9 heavy (non-hydrogen) atoms. The van der Waals surface area contributed by atoms with Gasteiger partial charge >= 0.3 is 59.1 Å². The zero-order valence-electron chi connectivity index (χ0n) is 6.35. The van der Waals surface area contributed by atoms with Crippen LogP contribution >= 0.6 is 0 Å². The summed E-state index contributed by atoms with van der Waals surface area (Å²) in [4.78, 5) is 0. The van der Waals surface area contributed by atoms with Crippen molar-refractivity contribution in [3.8, 4) is 0 Å². The molecule has 0 saturated carbocycles. The molecule has 0 aromatic rings. The van der Waals surface area contributed by atoms with E-state index in [0.29, 0.717) is 12.8 Å². The van der Waals surface area contributed by atoms with Crippen LogP contribution in [0.15, 0.2) is 0 Å². The summed E-state index contributed by atoms with van der Waals surface area (Å²) in [6.45, 7) is -0.0556. The molecule has 0 N–H and O–H groups in total. The molecular weight excluding hydrogens is 138 g/mol. The van der Waals surface area contributed by atoms with Crippen molar-refractivity contribution in [3.05, 3.63) is 0 Å². The van der Waals surface area contributed by atoms with Gasteiger partial charge in [0.05, 0.1) is 0 Å². The second-order valence-corrected chi connectivity index (χ2v) is 1.47. The summed E-state index contributed by atoms with van der Waals surface area (Å²) in [6, 6.07) is 0. The zero-order chi connectivity index (χ0) is 5.54. The number of hydrogen-bond acceptors (Lipinski definition) is 2. The fraction of sp³-hybridized carbons (Fsp3) is 1.00. The minimum Gasteiger partial charge on any atom is -0.854 e. The Balaban J connectivity index is -0.000000180. The van der Waals surface area contributed by atoms with Gasteiger partial charge in [-0.3, -0.25) is 0 Å². The molecule has 0 radical (unpaired) electrons. The maximum atomic E-state index is 9.70. The molecule has 0 saturated heterocycles. The van der Waals surface area contributed by atoms with Crippen LogP contribution < -0.4 is 69.3 Å². The zero-order valence-corrected chi connectivity index (χ0v) is 10.4.